The molecule has 3 rings (SSSR count). The summed E-state index contributed by atoms with van der Waals surface area (Å²) < 4.78 is 12.0. The lowest BCUT2D eigenvalue weighted by Crippen LogP contribution is -2.25. The summed E-state index contributed by atoms with van der Waals surface area (Å²) in [6, 6.07) is 12.5. The summed E-state index contributed by atoms with van der Waals surface area (Å²) >= 11 is 3.48. The molecule has 0 amide bonds. The molecule has 0 N–H and O–H groups in total. The van der Waals surface area contributed by atoms with Gasteiger partial charge in [-0.15, -0.1) is 0 Å². The molecule has 1 aliphatic rings. The van der Waals surface area contributed by atoms with Crippen LogP contribution in [0.4, 0.5) is 5.69 Å². The summed E-state index contributed by atoms with van der Waals surface area (Å²) in [5.41, 5.74) is 4.93. The Balaban J connectivity index is 1.96. The van der Waals surface area contributed by atoms with E-state index in [-0.39, 0.29) is 0 Å². The molecule has 0 aliphatic carbocycles. The highest BCUT2D eigenvalue weighted by Crippen LogP contribution is 2.39. The van der Waals surface area contributed by atoms with E-state index >= 15 is 0 Å². The van der Waals surface area contributed by atoms with E-state index in [1.54, 1.807) is 14.2 Å². The van der Waals surface area contributed by atoms with Crippen LogP contribution in [0, 0.1) is 0 Å². The average molecular weight is 374 g/mol. The molecule has 0 atom stereocenters. The Hall–Kier alpha value is -1.94. The number of hydrogen-bond acceptors (Lipinski definition) is 3. The molecule has 1 heterocycles. The van der Waals surface area contributed by atoms with Crippen LogP contribution >= 0.6 is 15.9 Å². The van der Waals surface area contributed by atoms with E-state index in [0.717, 1.165) is 40.2 Å². The van der Waals surface area contributed by atoms with E-state index in [1.807, 2.05) is 6.07 Å². The number of methoxy groups -OCH3 is 2. The van der Waals surface area contributed by atoms with Gasteiger partial charge in [-0.05, 0) is 35.8 Å². The number of benzene rings is 2. The molecule has 1 aliphatic heterocycles. The third-order valence-corrected chi connectivity index (χ3v) is 4.62. The molecule has 0 bridgehead atoms. The van der Waals surface area contributed by atoms with Crippen LogP contribution in [0.3, 0.4) is 0 Å². The Morgan fingerprint density at radius 1 is 1.09 bits per heavy atom. The van der Waals surface area contributed by atoms with Crippen LogP contribution in [-0.4, -0.2) is 27.8 Å². The third-order valence-electron chi connectivity index (χ3n) is 4.09. The molecule has 3 nitrogen and oxygen atoms in total. The van der Waals surface area contributed by atoms with Crippen LogP contribution < -0.4 is 14.4 Å². The van der Waals surface area contributed by atoms with Gasteiger partial charge in [0.2, 0.25) is 0 Å². The van der Waals surface area contributed by atoms with Crippen LogP contribution in [-0.2, 0) is 6.42 Å². The van der Waals surface area contributed by atoms with E-state index in [9.17, 15) is 0 Å². The first-order valence-electron chi connectivity index (χ1n) is 7.51. The summed E-state index contributed by atoms with van der Waals surface area (Å²) in [7, 11) is 5.48. The van der Waals surface area contributed by atoms with Crippen molar-refractivity contribution in [3.8, 4) is 11.5 Å². The predicted molar refractivity (Wildman–Crippen MR) is 98.6 cm³/mol. The highest BCUT2D eigenvalue weighted by Gasteiger charge is 2.20. The van der Waals surface area contributed by atoms with Crippen LogP contribution in [0.5, 0.6) is 11.5 Å². The minimum absolute atomic E-state index is 0.817. The maximum absolute atomic E-state index is 5.56. The summed E-state index contributed by atoms with van der Waals surface area (Å²) in [6.07, 6.45) is 3.18. The van der Waals surface area contributed by atoms with Crippen LogP contribution in [0.1, 0.15) is 11.1 Å². The lowest BCUT2D eigenvalue weighted by atomic mass is 9.97. The fraction of sp³-hybridized carbons (Fsp3) is 0.263. The molecule has 2 aromatic rings. The van der Waals surface area contributed by atoms with Gasteiger partial charge in [-0.25, -0.2) is 0 Å². The Labute approximate surface area is 145 Å². The quantitative estimate of drug-likeness (QED) is 0.784. The van der Waals surface area contributed by atoms with Gasteiger partial charge < -0.3 is 14.4 Å². The largest absolute Gasteiger partial charge is 0.497 e. The monoisotopic (exact) mass is 373 g/mol. The molecular weight excluding hydrogens is 354 g/mol. The molecule has 0 fully saturated rings. The van der Waals surface area contributed by atoms with E-state index in [2.05, 4.69) is 64.3 Å². The number of hydrogen-bond donors (Lipinski definition) is 0. The first kappa shape index (κ1) is 15.9. The number of likely N-dealkylation sites (N-methyl/N-ethyl adjacent to an activating group) is 1. The second-order valence-corrected chi connectivity index (χ2v) is 6.64. The van der Waals surface area contributed by atoms with Gasteiger partial charge in [0.25, 0.3) is 0 Å². The van der Waals surface area contributed by atoms with Gasteiger partial charge in [0.1, 0.15) is 11.5 Å². The van der Waals surface area contributed by atoms with Gasteiger partial charge in [0.15, 0.2) is 0 Å². The number of rotatable bonds is 4. The molecular formula is C19H20BrNO2. The predicted octanol–water partition coefficient (Wildman–Crippen LogP) is 4.54. The van der Waals surface area contributed by atoms with Crippen molar-refractivity contribution in [2.24, 2.45) is 0 Å². The topological polar surface area (TPSA) is 21.7 Å². The average Bonchev–Trinajstić information content (AvgIpc) is 2.56. The molecule has 0 unspecified atom stereocenters. The summed E-state index contributed by atoms with van der Waals surface area (Å²) in [5.74, 6) is 1.66. The van der Waals surface area contributed by atoms with Gasteiger partial charge in [-0.1, -0.05) is 28.1 Å². The number of halogens is 1. The van der Waals surface area contributed by atoms with Crippen molar-refractivity contribution in [3.63, 3.8) is 0 Å². The van der Waals surface area contributed by atoms with Crippen molar-refractivity contribution >= 4 is 27.7 Å². The lowest BCUT2D eigenvalue weighted by Gasteiger charge is -2.29. The molecule has 23 heavy (non-hydrogen) atoms. The maximum atomic E-state index is 5.56. The molecule has 4 heteroatoms. The number of nitrogens with zero attached hydrogens (tertiary/aromatic N) is 1. The van der Waals surface area contributed by atoms with Crippen LogP contribution in [0.15, 0.2) is 46.4 Å². The summed E-state index contributed by atoms with van der Waals surface area (Å²) in [4.78, 5) is 2.24. The van der Waals surface area contributed by atoms with E-state index < -0.39 is 0 Å². The maximum Gasteiger partial charge on any atom is 0.131 e. The van der Waals surface area contributed by atoms with Gasteiger partial charge in [0.05, 0.1) is 19.9 Å². The van der Waals surface area contributed by atoms with Crippen molar-refractivity contribution in [2.45, 2.75) is 6.42 Å². The normalized spacial score (nSPS) is 13.4. The molecule has 0 saturated heterocycles. The first-order chi connectivity index (χ1) is 11.1. The Morgan fingerprint density at radius 3 is 2.48 bits per heavy atom. The minimum atomic E-state index is 0.817. The smallest absolute Gasteiger partial charge is 0.131 e. The van der Waals surface area contributed by atoms with Crippen molar-refractivity contribution in [3.05, 3.63) is 57.6 Å². The third kappa shape index (κ3) is 3.37. The zero-order valence-corrected chi connectivity index (χ0v) is 15.2. The minimum Gasteiger partial charge on any atom is -0.497 e. The Bertz CT molecular complexity index is 738. The van der Waals surface area contributed by atoms with Gasteiger partial charge in [-0.3, -0.25) is 0 Å². The van der Waals surface area contributed by atoms with Crippen LogP contribution in [0.25, 0.3) is 6.08 Å². The highest BCUT2D eigenvalue weighted by atomic mass is 79.9. The molecule has 2 aromatic carbocycles. The number of anilines is 1. The molecule has 0 radical (unpaired) electrons. The summed E-state index contributed by atoms with van der Waals surface area (Å²) in [6.45, 7) is 0.902. The molecule has 0 saturated carbocycles. The highest BCUT2D eigenvalue weighted by molar-refractivity contribution is 9.10. The lowest BCUT2D eigenvalue weighted by molar-refractivity contribution is 0.393. The fourth-order valence-corrected chi connectivity index (χ4v) is 3.21. The second kappa shape index (κ2) is 6.67. The number of fused-ring (bicyclic) bond motifs is 1. The van der Waals surface area contributed by atoms with Crippen molar-refractivity contribution < 1.29 is 9.47 Å². The van der Waals surface area contributed by atoms with E-state index in [1.165, 1.54) is 11.1 Å². The molecule has 0 spiro atoms. The van der Waals surface area contributed by atoms with E-state index in [4.69, 9.17) is 9.47 Å². The van der Waals surface area contributed by atoms with Crippen molar-refractivity contribution in [1.82, 2.24) is 0 Å². The first-order valence-corrected chi connectivity index (χ1v) is 8.31. The van der Waals surface area contributed by atoms with Gasteiger partial charge >= 0.3 is 0 Å². The van der Waals surface area contributed by atoms with Crippen molar-refractivity contribution in [2.75, 3.05) is 32.7 Å². The number of ether oxygens (including phenoxy) is 2. The van der Waals surface area contributed by atoms with Gasteiger partial charge in [0, 0.05) is 35.8 Å². The van der Waals surface area contributed by atoms with Gasteiger partial charge in [-0.2, -0.15) is 0 Å². The standard InChI is InChI=1S/C19H20BrNO2/c1-21-12-14(8-13-4-6-15(20)7-5-13)9-17-18(21)10-16(22-2)11-19(17)23-3/h4-7,9-11H,8,12H2,1-3H3. The molecule has 0 aromatic heterocycles. The fourth-order valence-electron chi connectivity index (χ4n) is 2.95. The summed E-state index contributed by atoms with van der Waals surface area (Å²) in [5, 5.41) is 0. The van der Waals surface area contributed by atoms with Crippen molar-refractivity contribution in [1.29, 1.82) is 0 Å². The Kier molecular flexibility index (Phi) is 4.62. The molecule has 120 valence electrons. The second-order valence-electron chi connectivity index (χ2n) is 5.72. The zero-order chi connectivity index (χ0) is 16.4. The zero-order valence-electron chi connectivity index (χ0n) is 13.6. The van der Waals surface area contributed by atoms with E-state index in [0.29, 0.717) is 0 Å². The Morgan fingerprint density at radius 2 is 1.83 bits per heavy atom. The van der Waals surface area contributed by atoms with Crippen LogP contribution in [0.2, 0.25) is 0 Å². The SMILES string of the molecule is COc1cc(OC)c2c(c1)N(C)CC(Cc1ccc(Br)cc1)=C2.